The van der Waals surface area contributed by atoms with E-state index in [0.717, 1.165) is 19.0 Å². The van der Waals surface area contributed by atoms with Gasteiger partial charge in [0.05, 0.1) is 0 Å². The highest BCUT2D eigenvalue weighted by atomic mass is 32.1. The zero-order valence-corrected chi connectivity index (χ0v) is 12.1. The minimum Gasteiger partial charge on any atom is -0.356 e. The third-order valence-electron chi connectivity index (χ3n) is 4.06. The van der Waals surface area contributed by atoms with Crippen LogP contribution in [0.3, 0.4) is 0 Å². The number of guanidine groups is 1. The van der Waals surface area contributed by atoms with Crippen molar-refractivity contribution in [2.45, 2.75) is 39.2 Å². The quantitative estimate of drug-likeness (QED) is 0.634. The Balaban J connectivity index is 1.76. The predicted octanol–water partition coefficient (Wildman–Crippen LogP) is 2.99. The van der Waals surface area contributed by atoms with Crippen molar-refractivity contribution in [3.63, 3.8) is 0 Å². The number of hydrogen-bond donors (Lipinski definition) is 2. The Morgan fingerprint density at radius 3 is 2.78 bits per heavy atom. The summed E-state index contributed by atoms with van der Waals surface area (Å²) in [4.78, 5) is 4.28. The average Bonchev–Trinajstić information content (AvgIpc) is 2.85. The first kappa shape index (κ1) is 13.4. The molecule has 1 aromatic heterocycles. The average molecular weight is 265 g/mol. The van der Waals surface area contributed by atoms with E-state index in [0.29, 0.717) is 5.41 Å². The van der Waals surface area contributed by atoms with E-state index in [9.17, 15) is 0 Å². The fourth-order valence-electron chi connectivity index (χ4n) is 2.40. The lowest BCUT2D eigenvalue weighted by Gasteiger charge is -2.41. The van der Waals surface area contributed by atoms with Crippen LogP contribution in [0, 0.1) is 5.41 Å². The standard InChI is InChI=1S/C14H23N3S/c1-3-14(6-4-7-14)11-17-13(15-2)16-9-12-5-8-18-10-12/h5,8,10H,3-4,6-7,9,11H2,1-2H3,(H2,15,16,17). The SMILES string of the molecule is CCC1(CNC(=NC)NCc2ccsc2)CCC1. The Morgan fingerprint density at radius 2 is 2.28 bits per heavy atom. The van der Waals surface area contributed by atoms with Crippen LogP contribution in [0.25, 0.3) is 0 Å². The smallest absolute Gasteiger partial charge is 0.191 e. The molecule has 0 saturated heterocycles. The second-order valence-electron chi connectivity index (χ2n) is 5.12. The molecule has 0 aliphatic heterocycles. The second-order valence-corrected chi connectivity index (χ2v) is 5.90. The van der Waals surface area contributed by atoms with Crippen molar-refractivity contribution in [1.29, 1.82) is 0 Å². The molecule has 0 amide bonds. The topological polar surface area (TPSA) is 36.4 Å². The Kier molecular flexibility index (Phi) is 4.64. The van der Waals surface area contributed by atoms with E-state index in [1.807, 2.05) is 7.05 Å². The van der Waals surface area contributed by atoms with Gasteiger partial charge in [-0.3, -0.25) is 4.99 Å². The summed E-state index contributed by atoms with van der Waals surface area (Å²) in [6.07, 6.45) is 5.37. The Morgan fingerprint density at radius 1 is 1.44 bits per heavy atom. The van der Waals surface area contributed by atoms with Crippen LogP contribution in [0.4, 0.5) is 0 Å². The van der Waals surface area contributed by atoms with E-state index in [4.69, 9.17) is 0 Å². The van der Waals surface area contributed by atoms with Crippen molar-refractivity contribution in [2.75, 3.05) is 13.6 Å². The normalized spacial score (nSPS) is 18.2. The van der Waals surface area contributed by atoms with Crippen LogP contribution in [0.15, 0.2) is 21.8 Å². The molecule has 2 N–H and O–H groups in total. The van der Waals surface area contributed by atoms with Gasteiger partial charge in [0.1, 0.15) is 0 Å². The number of thiophene rings is 1. The van der Waals surface area contributed by atoms with Crippen molar-refractivity contribution < 1.29 is 0 Å². The van der Waals surface area contributed by atoms with Crippen molar-refractivity contribution >= 4 is 17.3 Å². The molecule has 100 valence electrons. The Labute approximate surface area is 114 Å². The van der Waals surface area contributed by atoms with Crippen LogP contribution in [-0.4, -0.2) is 19.6 Å². The summed E-state index contributed by atoms with van der Waals surface area (Å²) in [6, 6.07) is 2.14. The molecule has 1 heterocycles. The first-order chi connectivity index (χ1) is 8.78. The summed E-state index contributed by atoms with van der Waals surface area (Å²) in [6.45, 7) is 4.19. The molecule has 1 aromatic rings. The molecule has 0 bridgehead atoms. The van der Waals surface area contributed by atoms with Gasteiger partial charge in [0, 0.05) is 20.1 Å². The predicted molar refractivity (Wildman–Crippen MR) is 79.1 cm³/mol. The van der Waals surface area contributed by atoms with Gasteiger partial charge in [-0.05, 0) is 47.1 Å². The molecule has 0 atom stereocenters. The summed E-state index contributed by atoms with van der Waals surface area (Å²) in [7, 11) is 1.84. The van der Waals surface area contributed by atoms with Crippen molar-refractivity contribution in [3.05, 3.63) is 22.4 Å². The van der Waals surface area contributed by atoms with E-state index in [-0.39, 0.29) is 0 Å². The van der Waals surface area contributed by atoms with E-state index in [2.05, 4.69) is 39.4 Å². The lowest BCUT2D eigenvalue weighted by atomic mass is 9.67. The molecule has 1 saturated carbocycles. The number of aliphatic imine (C=N–C) groups is 1. The summed E-state index contributed by atoms with van der Waals surface area (Å²) in [5.74, 6) is 0.918. The molecule has 1 aliphatic rings. The van der Waals surface area contributed by atoms with E-state index in [1.165, 1.54) is 31.2 Å². The van der Waals surface area contributed by atoms with Gasteiger partial charge in [-0.15, -0.1) is 0 Å². The molecule has 4 heteroatoms. The molecule has 0 aromatic carbocycles. The van der Waals surface area contributed by atoms with Gasteiger partial charge in [-0.2, -0.15) is 11.3 Å². The van der Waals surface area contributed by atoms with Crippen LogP contribution in [0.1, 0.15) is 38.2 Å². The summed E-state index contributed by atoms with van der Waals surface area (Å²) < 4.78 is 0. The van der Waals surface area contributed by atoms with Crippen LogP contribution in [-0.2, 0) is 6.54 Å². The fraction of sp³-hybridized carbons (Fsp3) is 0.643. The van der Waals surface area contributed by atoms with Gasteiger partial charge >= 0.3 is 0 Å². The zero-order chi connectivity index (χ0) is 12.8. The van der Waals surface area contributed by atoms with Crippen LogP contribution < -0.4 is 10.6 Å². The van der Waals surface area contributed by atoms with Gasteiger partial charge in [0.25, 0.3) is 0 Å². The first-order valence-corrected chi connectivity index (χ1v) is 7.68. The van der Waals surface area contributed by atoms with Crippen molar-refractivity contribution in [3.8, 4) is 0 Å². The molecular formula is C14H23N3S. The van der Waals surface area contributed by atoms with E-state index in [1.54, 1.807) is 11.3 Å². The van der Waals surface area contributed by atoms with Gasteiger partial charge in [0.15, 0.2) is 5.96 Å². The minimum absolute atomic E-state index is 0.528. The fourth-order valence-corrected chi connectivity index (χ4v) is 3.07. The maximum atomic E-state index is 4.28. The molecule has 2 rings (SSSR count). The molecule has 0 unspecified atom stereocenters. The first-order valence-electron chi connectivity index (χ1n) is 6.73. The van der Waals surface area contributed by atoms with Crippen LogP contribution in [0.5, 0.6) is 0 Å². The molecule has 1 aliphatic carbocycles. The molecule has 18 heavy (non-hydrogen) atoms. The second kappa shape index (κ2) is 6.23. The number of hydrogen-bond acceptors (Lipinski definition) is 2. The van der Waals surface area contributed by atoms with Gasteiger partial charge < -0.3 is 10.6 Å². The van der Waals surface area contributed by atoms with Gasteiger partial charge in [0.2, 0.25) is 0 Å². The number of nitrogens with one attached hydrogen (secondary N) is 2. The zero-order valence-electron chi connectivity index (χ0n) is 11.3. The highest BCUT2D eigenvalue weighted by Gasteiger charge is 2.34. The number of nitrogens with zero attached hydrogens (tertiary/aromatic N) is 1. The highest BCUT2D eigenvalue weighted by Crippen LogP contribution is 2.42. The number of rotatable bonds is 5. The largest absolute Gasteiger partial charge is 0.356 e. The maximum absolute atomic E-state index is 4.28. The van der Waals surface area contributed by atoms with Crippen molar-refractivity contribution in [2.24, 2.45) is 10.4 Å². The summed E-state index contributed by atoms with van der Waals surface area (Å²) >= 11 is 1.73. The monoisotopic (exact) mass is 265 g/mol. The Hall–Kier alpha value is -1.03. The molecular weight excluding hydrogens is 242 g/mol. The van der Waals surface area contributed by atoms with E-state index >= 15 is 0 Å². The highest BCUT2D eigenvalue weighted by molar-refractivity contribution is 7.07. The van der Waals surface area contributed by atoms with Gasteiger partial charge in [-0.25, -0.2) is 0 Å². The van der Waals surface area contributed by atoms with Crippen molar-refractivity contribution in [1.82, 2.24) is 10.6 Å². The van der Waals surface area contributed by atoms with E-state index < -0.39 is 0 Å². The summed E-state index contributed by atoms with van der Waals surface area (Å²) in [5.41, 5.74) is 1.84. The molecule has 1 fully saturated rings. The lowest BCUT2D eigenvalue weighted by Crippen LogP contribution is -2.45. The van der Waals surface area contributed by atoms with Gasteiger partial charge in [-0.1, -0.05) is 13.3 Å². The lowest BCUT2D eigenvalue weighted by molar-refractivity contribution is 0.131. The summed E-state index contributed by atoms with van der Waals surface area (Å²) in [5, 5.41) is 11.1. The molecule has 0 spiro atoms. The van der Waals surface area contributed by atoms with Crippen LogP contribution >= 0.6 is 11.3 Å². The maximum Gasteiger partial charge on any atom is 0.191 e. The third kappa shape index (κ3) is 3.25. The minimum atomic E-state index is 0.528. The Bertz CT molecular complexity index is 374. The molecule has 0 radical (unpaired) electrons. The van der Waals surface area contributed by atoms with Crippen LogP contribution in [0.2, 0.25) is 0 Å². The molecule has 3 nitrogen and oxygen atoms in total. The third-order valence-corrected chi connectivity index (χ3v) is 4.79.